The number of amides is 2. The fourth-order valence-corrected chi connectivity index (χ4v) is 3.60. The zero-order valence-electron chi connectivity index (χ0n) is 17.7. The van der Waals surface area contributed by atoms with Crippen molar-refractivity contribution in [2.75, 3.05) is 0 Å². The van der Waals surface area contributed by atoms with Crippen LogP contribution in [0.1, 0.15) is 34.5 Å². The highest BCUT2D eigenvalue weighted by Crippen LogP contribution is 2.16. The second-order valence-corrected chi connectivity index (χ2v) is 7.34. The Kier molecular flexibility index (Phi) is 5.53. The number of nitrogens with zero attached hydrogens (tertiary/aromatic N) is 4. The fourth-order valence-electron chi connectivity index (χ4n) is 3.60. The van der Waals surface area contributed by atoms with Gasteiger partial charge in [0.25, 0.3) is 11.8 Å². The maximum atomic E-state index is 12.5. The van der Waals surface area contributed by atoms with E-state index in [1.807, 2.05) is 72.5 Å². The van der Waals surface area contributed by atoms with Crippen molar-refractivity contribution in [3.63, 3.8) is 0 Å². The van der Waals surface area contributed by atoms with E-state index in [9.17, 15) is 9.59 Å². The predicted molar refractivity (Wildman–Crippen MR) is 118 cm³/mol. The van der Waals surface area contributed by atoms with Crippen molar-refractivity contribution in [3.05, 3.63) is 77.4 Å². The van der Waals surface area contributed by atoms with Gasteiger partial charge in [-0.3, -0.25) is 20.4 Å². The van der Waals surface area contributed by atoms with Gasteiger partial charge in [-0.2, -0.15) is 5.10 Å². The molecule has 2 aromatic heterocycles. The van der Waals surface area contributed by atoms with Gasteiger partial charge in [-0.05, 0) is 56.3 Å². The molecule has 2 aromatic carbocycles. The maximum Gasteiger partial charge on any atom is 0.269 e. The van der Waals surface area contributed by atoms with Gasteiger partial charge < -0.3 is 4.57 Å². The second-order valence-electron chi connectivity index (χ2n) is 7.34. The first-order valence-corrected chi connectivity index (χ1v) is 10.1. The number of aromatic nitrogens is 4. The molecule has 0 radical (unpaired) electrons. The minimum absolute atomic E-state index is 0.0703. The highest BCUT2D eigenvalue weighted by Gasteiger charge is 2.13. The molecule has 8 heteroatoms. The fraction of sp³-hybridized carbons (Fsp3) is 0.217. The monoisotopic (exact) mass is 416 g/mol. The summed E-state index contributed by atoms with van der Waals surface area (Å²) >= 11 is 0. The number of benzene rings is 2. The summed E-state index contributed by atoms with van der Waals surface area (Å²) in [6.07, 6.45) is 0.704. The molecule has 4 rings (SSSR count). The first-order valence-electron chi connectivity index (χ1n) is 10.1. The largest absolute Gasteiger partial charge is 0.318 e. The molecule has 31 heavy (non-hydrogen) atoms. The molecular formula is C23H24N6O2. The lowest BCUT2D eigenvalue weighted by Crippen LogP contribution is -2.43. The Morgan fingerprint density at radius 2 is 1.74 bits per heavy atom. The molecule has 0 aliphatic carbocycles. The Hall–Kier alpha value is -3.94. The van der Waals surface area contributed by atoms with Crippen LogP contribution in [0.5, 0.6) is 0 Å². The van der Waals surface area contributed by atoms with Crippen molar-refractivity contribution < 1.29 is 9.59 Å². The highest BCUT2D eigenvalue weighted by atomic mass is 16.2. The Labute approximate surface area is 179 Å². The molecule has 2 heterocycles. The summed E-state index contributed by atoms with van der Waals surface area (Å²) in [6, 6.07) is 16.7. The molecule has 0 aliphatic rings. The molecule has 0 spiro atoms. The van der Waals surface area contributed by atoms with E-state index in [2.05, 4.69) is 20.9 Å². The molecule has 0 saturated heterocycles. The van der Waals surface area contributed by atoms with Gasteiger partial charge >= 0.3 is 0 Å². The molecule has 4 aromatic rings. The summed E-state index contributed by atoms with van der Waals surface area (Å²) < 4.78 is 3.68. The zero-order chi connectivity index (χ0) is 22.0. The number of nitrogens with one attached hydrogen (secondary N) is 2. The first kappa shape index (κ1) is 20.3. The van der Waals surface area contributed by atoms with Gasteiger partial charge in [-0.1, -0.05) is 19.1 Å². The summed E-state index contributed by atoms with van der Waals surface area (Å²) in [6.45, 7) is 5.97. The molecule has 0 unspecified atom stereocenters. The minimum atomic E-state index is -0.389. The average molecular weight is 416 g/mol. The van der Waals surface area contributed by atoms with Crippen LogP contribution in [0.3, 0.4) is 0 Å². The van der Waals surface area contributed by atoms with E-state index in [4.69, 9.17) is 0 Å². The van der Waals surface area contributed by atoms with Crippen molar-refractivity contribution in [2.45, 2.75) is 33.7 Å². The summed E-state index contributed by atoms with van der Waals surface area (Å²) in [5, 5.41) is 4.44. The van der Waals surface area contributed by atoms with Crippen LogP contribution < -0.4 is 10.9 Å². The molecule has 0 bridgehead atoms. The number of fused-ring (bicyclic) bond motifs is 1. The van der Waals surface area contributed by atoms with E-state index in [1.165, 1.54) is 0 Å². The zero-order valence-corrected chi connectivity index (χ0v) is 17.7. The van der Waals surface area contributed by atoms with Crippen molar-refractivity contribution in [1.29, 1.82) is 0 Å². The normalized spacial score (nSPS) is 10.9. The quantitative estimate of drug-likeness (QED) is 0.489. The number of para-hydroxylation sites is 2. The van der Waals surface area contributed by atoms with Crippen LogP contribution in [-0.2, 0) is 17.8 Å². The van der Waals surface area contributed by atoms with E-state index in [-0.39, 0.29) is 18.4 Å². The Bertz CT molecular complexity index is 1250. The van der Waals surface area contributed by atoms with Crippen molar-refractivity contribution in [3.8, 4) is 5.69 Å². The van der Waals surface area contributed by atoms with Crippen LogP contribution in [0.2, 0.25) is 0 Å². The Morgan fingerprint density at radius 3 is 2.42 bits per heavy atom. The SMILES string of the molecule is CCc1nc2ccccc2n1CC(=O)NNC(=O)c1ccc(-n2nc(C)cc2C)cc1. The van der Waals surface area contributed by atoms with Crippen LogP contribution in [-0.4, -0.2) is 31.1 Å². The summed E-state index contributed by atoms with van der Waals surface area (Å²) in [7, 11) is 0. The van der Waals surface area contributed by atoms with E-state index in [0.29, 0.717) is 12.0 Å². The maximum absolute atomic E-state index is 12.5. The molecule has 8 nitrogen and oxygen atoms in total. The molecule has 0 fully saturated rings. The molecule has 2 N–H and O–H groups in total. The van der Waals surface area contributed by atoms with Crippen LogP contribution in [0.4, 0.5) is 0 Å². The summed E-state index contributed by atoms with van der Waals surface area (Å²) in [5.41, 5.74) is 9.95. The lowest BCUT2D eigenvalue weighted by Gasteiger charge is -2.11. The standard InChI is InChI=1S/C23H24N6O2/c1-4-21-24-19-7-5-6-8-20(19)28(21)14-22(30)25-26-23(31)17-9-11-18(12-10-17)29-16(3)13-15(2)27-29/h5-13H,4,14H2,1-3H3,(H,25,30)(H,26,31). The number of imidazole rings is 1. The van der Waals surface area contributed by atoms with Crippen molar-refractivity contribution in [2.24, 2.45) is 0 Å². The Balaban J connectivity index is 1.40. The predicted octanol–water partition coefficient (Wildman–Crippen LogP) is 2.86. The van der Waals surface area contributed by atoms with Gasteiger partial charge in [-0.15, -0.1) is 0 Å². The number of hydrogen-bond donors (Lipinski definition) is 2. The van der Waals surface area contributed by atoms with Gasteiger partial charge in [0.15, 0.2) is 0 Å². The molecule has 2 amide bonds. The smallest absolute Gasteiger partial charge is 0.269 e. The number of aryl methyl sites for hydroxylation is 3. The summed E-state index contributed by atoms with van der Waals surface area (Å²) in [5.74, 6) is 0.104. The third-order valence-electron chi connectivity index (χ3n) is 5.05. The molecular weight excluding hydrogens is 392 g/mol. The van der Waals surface area contributed by atoms with E-state index >= 15 is 0 Å². The first-order chi connectivity index (χ1) is 15.0. The molecule has 0 aliphatic heterocycles. The lowest BCUT2D eigenvalue weighted by atomic mass is 10.2. The number of hydrazine groups is 1. The number of hydrogen-bond acceptors (Lipinski definition) is 4. The van der Waals surface area contributed by atoms with Crippen LogP contribution >= 0.6 is 0 Å². The minimum Gasteiger partial charge on any atom is -0.318 e. The summed E-state index contributed by atoms with van der Waals surface area (Å²) in [4.78, 5) is 29.4. The Morgan fingerprint density at radius 1 is 1.00 bits per heavy atom. The molecule has 158 valence electrons. The van der Waals surface area contributed by atoms with Crippen molar-refractivity contribution in [1.82, 2.24) is 30.2 Å². The highest BCUT2D eigenvalue weighted by molar-refractivity contribution is 5.95. The van der Waals surface area contributed by atoms with Crippen LogP contribution in [0.15, 0.2) is 54.6 Å². The van der Waals surface area contributed by atoms with Gasteiger partial charge in [-0.25, -0.2) is 9.67 Å². The number of rotatable bonds is 5. The van der Waals surface area contributed by atoms with E-state index in [1.54, 1.807) is 12.1 Å². The van der Waals surface area contributed by atoms with E-state index < -0.39 is 0 Å². The van der Waals surface area contributed by atoms with Crippen molar-refractivity contribution >= 4 is 22.8 Å². The number of carbonyl (C=O) groups excluding carboxylic acids is 2. The lowest BCUT2D eigenvalue weighted by molar-refractivity contribution is -0.122. The molecule has 0 atom stereocenters. The van der Waals surface area contributed by atoms with E-state index in [0.717, 1.165) is 33.9 Å². The van der Waals surface area contributed by atoms with Crippen LogP contribution in [0.25, 0.3) is 16.7 Å². The number of carbonyl (C=O) groups is 2. The molecule has 0 saturated carbocycles. The van der Waals surface area contributed by atoms with Gasteiger partial charge in [0.05, 0.1) is 22.4 Å². The van der Waals surface area contributed by atoms with Gasteiger partial charge in [0.2, 0.25) is 0 Å². The third kappa shape index (κ3) is 4.18. The third-order valence-corrected chi connectivity index (χ3v) is 5.05. The van der Waals surface area contributed by atoms with Gasteiger partial charge in [0.1, 0.15) is 12.4 Å². The van der Waals surface area contributed by atoms with Crippen LogP contribution in [0, 0.1) is 13.8 Å². The second kappa shape index (κ2) is 8.43. The topological polar surface area (TPSA) is 93.8 Å². The average Bonchev–Trinajstić information content (AvgIpc) is 3.31. The van der Waals surface area contributed by atoms with Gasteiger partial charge in [0, 0.05) is 17.7 Å².